The lowest BCUT2D eigenvalue weighted by atomic mass is 9.93. The highest BCUT2D eigenvalue weighted by molar-refractivity contribution is 5.85. The molecule has 2 aliphatic rings. The third-order valence-corrected chi connectivity index (χ3v) is 7.43. The second-order valence-corrected chi connectivity index (χ2v) is 9.66. The SMILES string of the molecule is O=c1ccc2cccc(-n3nc([C@H]4CCCN(CCc5cccc6c5CNCC6)C4)[nH]c3=O)c2[nH]1. The zero-order valence-electron chi connectivity index (χ0n) is 19.7. The van der Waals surface area contributed by atoms with E-state index in [2.05, 4.69) is 43.5 Å². The summed E-state index contributed by atoms with van der Waals surface area (Å²) in [6.07, 6.45) is 4.22. The predicted octanol–water partition coefficient (Wildman–Crippen LogP) is 2.47. The van der Waals surface area contributed by atoms with Gasteiger partial charge >= 0.3 is 5.69 Å². The number of hydrogen-bond donors (Lipinski definition) is 3. The third kappa shape index (κ3) is 4.35. The van der Waals surface area contributed by atoms with Gasteiger partial charge in [0.15, 0.2) is 0 Å². The number of pyridine rings is 1. The van der Waals surface area contributed by atoms with Crippen molar-refractivity contribution in [2.75, 3.05) is 26.2 Å². The van der Waals surface area contributed by atoms with Gasteiger partial charge < -0.3 is 15.2 Å². The minimum atomic E-state index is -0.280. The summed E-state index contributed by atoms with van der Waals surface area (Å²) in [7, 11) is 0. The number of para-hydroxylation sites is 1. The first-order chi connectivity index (χ1) is 17.2. The summed E-state index contributed by atoms with van der Waals surface area (Å²) in [5, 5.41) is 9.05. The highest BCUT2D eigenvalue weighted by atomic mass is 16.2. The van der Waals surface area contributed by atoms with E-state index in [4.69, 9.17) is 0 Å². The van der Waals surface area contributed by atoms with E-state index in [0.717, 1.165) is 69.6 Å². The smallest absolute Gasteiger partial charge is 0.320 e. The van der Waals surface area contributed by atoms with Crippen LogP contribution in [0.15, 0.2) is 58.1 Å². The van der Waals surface area contributed by atoms with Crippen LogP contribution in [-0.2, 0) is 19.4 Å². The van der Waals surface area contributed by atoms with E-state index in [1.165, 1.54) is 27.4 Å². The molecule has 6 rings (SSSR count). The molecule has 0 spiro atoms. The number of rotatable bonds is 5. The summed E-state index contributed by atoms with van der Waals surface area (Å²) < 4.78 is 1.38. The van der Waals surface area contributed by atoms with Gasteiger partial charge in [-0.05, 0) is 67.6 Å². The number of likely N-dealkylation sites (tertiary alicyclic amines) is 1. The van der Waals surface area contributed by atoms with E-state index < -0.39 is 0 Å². The van der Waals surface area contributed by atoms with E-state index >= 15 is 0 Å². The Hall–Kier alpha value is -3.49. The van der Waals surface area contributed by atoms with E-state index in [9.17, 15) is 9.59 Å². The van der Waals surface area contributed by atoms with Gasteiger partial charge in [0.2, 0.25) is 5.56 Å². The molecule has 2 aromatic carbocycles. The van der Waals surface area contributed by atoms with E-state index in [1.54, 1.807) is 6.07 Å². The highest BCUT2D eigenvalue weighted by Gasteiger charge is 2.25. The Morgan fingerprint density at radius 2 is 1.94 bits per heavy atom. The van der Waals surface area contributed by atoms with Crippen molar-refractivity contribution in [2.24, 2.45) is 0 Å². The lowest BCUT2D eigenvalue weighted by molar-refractivity contribution is 0.206. The maximum absolute atomic E-state index is 12.9. The van der Waals surface area contributed by atoms with Gasteiger partial charge in [0.05, 0.1) is 11.2 Å². The molecule has 180 valence electrons. The van der Waals surface area contributed by atoms with Crippen molar-refractivity contribution in [3.05, 3.63) is 91.9 Å². The number of aromatic amines is 2. The number of fused-ring (bicyclic) bond motifs is 2. The topological polar surface area (TPSA) is 98.8 Å². The minimum absolute atomic E-state index is 0.179. The van der Waals surface area contributed by atoms with Crippen LogP contribution in [0.4, 0.5) is 0 Å². The van der Waals surface area contributed by atoms with Gasteiger partial charge in [-0.3, -0.25) is 9.78 Å². The van der Waals surface area contributed by atoms with Crippen LogP contribution in [0.3, 0.4) is 0 Å². The molecule has 4 heterocycles. The zero-order valence-corrected chi connectivity index (χ0v) is 19.7. The summed E-state index contributed by atoms with van der Waals surface area (Å²) in [5.41, 5.74) is 5.12. The molecule has 0 aliphatic carbocycles. The number of H-pyrrole nitrogens is 2. The Kier molecular flexibility index (Phi) is 5.83. The Balaban J connectivity index is 1.20. The number of benzene rings is 2. The van der Waals surface area contributed by atoms with Crippen LogP contribution in [0.5, 0.6) is 0 Å². The first-order valence-corrected chi connectivity index (χ1v) is 12.5. The number of nitrogens with one attached hydrogen (secondary N) is 3. The highest BCUT2D eigenvalue weighted by Crippen LogP contribution is 2.26. The molecule has 35 heavy (non-hydrogen) atoms. The van der Waals surface area contributed by atoms with E-state index in [0.29, 0.717) is 11.2 Å². The molecule has 8 heteroatoms. The molecular weight excluding hydrogens is 440 g/mol. The van der Waals surface area contributed by atoms with Crippen LogP contribution >= 0.6 is 0 Å². The van der Waals surface area contributed by atoms with Gasteiger partial charge in [0.25, 0.3) is 0 Å². The molecule has 8 nitrogen and oxygen atoms in total. The molecule has 1 atom stereocenters. The monoisotopic (exact) mass is 470 g/mol. The normalized spacial score (nSPS) is 18.6. The lowest BCUT2D eigenvalue weighted by Crippen LogP contribution is -2.36. The van der Waals surface area contributed by atoms with Crippen LogP contribution in [0.1, 0.15) is 41.3 Å². The lowest BCUT2D eigenvalue weighted by Gasteiger charge is -2.32. The maximum Gasteiger partial charge on any atom is 0.348 e. The van der Waals surface area contributed by atoms with Gasteiger partial charge in [0.1, 0.15) is 5.82 Å². The molecule has 3 N–H and O–H groups in total. The number of piperidine rings is 1. The van der Waals surface area contributed by atoms with Gasteiger partial charge in [-0.15, -0.1) is 5.10 Å². The van der Waals surface area contributed by atoms with Crippen LogP contribution in [-0.4, -0.2) is 50.8 Å². The fourth-order valence-corrected chi connectivity index (χ4v) is 5.61. The second-order valence-electron chi connectivity index (χ2n) is 9.66. The summed E-state index contributed by atoms with van der Waals surface area (Å²) in [6.45, 7) is 4.98. The van der Waals surface area contributed by atoms with Gasteiger partial charge in [0, 0.05) is 37.0 Å². The maximum atomic E-state index is 12.9. The summed E-state index contributed by atoms with van der Waals surface area (Å²) in [4.78, 5) is 33.1. The van der Waals surface area contributed by atoms with Crippen LogP contribution < -0.4 is 16.6 Å². The molecular formula is C27H30N6O2. The molecule has 0 unspecified atom stereocenters. The number of nitrogens with zero attached hydrogens (tertiary/aromatic N) is 3. The molecule has 0 bridgehead atoms. The molecule has 1 fully saturated rings. The Morgan fingerprint density at radius 3 is 2.89 bits per heavy atom. The van der Waals surface area contributed by atoms with Crippen LogP contribution in [0.25, 0.3) is 16.6 Å². The molecule has 1 saturated heterocycles. The standard InChI is InChI=1S/C27H30N6O2/c34-24-10-9-20-6-2-8-23(25(20)29-24)33-27(35)30-26(31-33)21-7-3-14-32(17-21)15-12-19-5-1-4-18-11-13-28-16-22(18)19/h1-2,4-6,8-10,21,28H,3,7,11-17H2,(H,29,34)(H,30,31,35)/t21-/m0/s1. The number of hydrogen-bond acceptors (Lipinski definition) is 5. The van der Waals surface area contributed by atoms with Crippen molar-refractivity contribution in [2.45, 2.75) is 38.1 Å². The third-order valence-electron chi connectivity index (χ3n) is 7.43. The first-order valence-electron chi connectivity index (χ1n) is 12.5. The van der Waals surface area contributed by atoms with Crippen molar-refractivity contribution in [1.82, 2.24) is 30.0 Å². The van der Waals surface area contributed by atoms with Gasteiger partial charge in [-0.25, -0.2) is 4.79 Å². The fraction of sp³-hybridized carbons (Fsp3) is 0.370. The van der Waals surface area contributed by atoms with E-state index in [-0.39, 0.29) is 17.2 Å². The predicted molar refractivity (Wildman–Crippen MR) is 136 cm³/mol. The molecule has 0 amide bonds. The molecule has 0 saturated carbocycles. The van der Waals surface area contributed by atoms with Crippen molar-refractivity contribution >= 4 is 10.9 Å². The average Bonchev–Trinajstić information content (AvgIpc) is 3.28. The fourth-order valence-electron chi connectivity index (χ4n) is 5.61. The number of aromatic nitrogens is 4. The summed E-state index contributed by atoms with van der Waals surface area (Å²) in [5.74, 6) is 0.898. The Morgan fingerprint density at radius 1 is 1.03 bits per heavy atom. The summed E-state index contributed by atoms with van der Waals surface area (Å²) >= 11 is 0. The van der Waals surface area contributed by atoms with Crippen LogP contribution in [0.2, 0.25) is 0 Å². The van der Waals surface area contributed by atoms with Gasteiger partial charge in [-0.1, -0.05) is 30.3 Å². The minimum Gasteiger partial charge on any atom is -0.320 e. The molecule has 4 aromatic rings. The zero-order chi connectivity index (χ0) is 23.8. The summed E-state index contributed by atoms with van der Waals surface area (Å²) in [6, 6.07) is 15.6. The van der Waals surface area contributed by atoms with E-state index in [1.807, 2.05) is 18.2 Å². The Bertz CT molecular complexity index is 1480. The Labute approximate surface area is 203 Å². The van der Waals surface area contributed by atoms with Crippen molar-refractivity contribution in [3.8, 4) is 5.69 Å². The largest absolute Gasteiger partial charge is 0.348 e. The first kappa shape index (κ1) is 22.0. The van der Waals surface area contributed by atoms with Crippen molar-refractivity contribution in [1.29, 1.82) is 0 Å². The quantitative estimate of drug-likeness (QED) is 0.416. The molecule has 2 aromatic heterocycles. The average molecular weight is 471 g/mol. The van der Waals surface area contributed by atoms with Crippen molar-refractivity contribution < 1.29 is 0 Å². The van der Waals surface area contributed by atoms with Gasteiger partial charge in [-0.2, -0.15) is 4.68 Å². The molecule has 2 aliphatic heterocycles. The second kappa shape index (κ2) is 9.28. The van der Waals surface area contributed by atoms with Crippen molar-refractivity contribution in [3.63, 3.8) is 0 Å². The molecule has 0 radical (unpaired) electrons. The van der Waals surface area contributed by atoms with Crippen LogP contribution in [0, 0.1) is 0 Å².